The molecule has 9 heteroatoms. The van der Waals surface area contributed by atoms with Gasteiger partial charge < -0.3 is 40.3 Å². The lowest BCUT2D eigenvalue weighted by molar-refractivity contribution is -0.302. The van der Waals surface area contributed by atoms with Gasteiger partial charge in [-0.05, 0) is 70.6 Å². The molecule has 1 amide bonds. The number of unbranched alkanes of at least 4 members (excludes halogenated alkanes) is 35. The number of amides is 1. The first-order valence-electron chi connectivity index (χ1n) is 34.3. The highest BCUT2D eigenvalue weighted by Gasteiger charge is 2.44. The molecule has 9 nitrogen and oxygen atoms in total. The zero-order chi connectivity index (χ0) is 58.6. The van der Waals surface area contributed by atoms with Crippen LogP contribution in [0.3, 0.4) is 0 Å². The van der Waals surface area contributed by atoms with Crippen molar-refractivity contribution in [2.24, 2.45) is 0 Å². The fourth-order valence-electron chi connectivity index (χ4n) is 10.7. The second-order valence-corrected chi connectivity index (χ2v) is 23.6. The average Bonchev–Trinajstić information content (AvgIpc) is 3.50. The molecule has 0 radical (unpaired) electrons. The maximum Gasteiger partial charge on any atom is 0.220 e. The van der Waals surface area contributed by atoms with Crippen molar-refractivity contribution >= 4 is 5.91 Å². The third-order valence-corrected chi connectivity index (χ3v) is 16.0. The number of ether oxygens (including phenoxy) is 2. The number of allylic oxidation sites excluding steroid dienone is 14. The monoisotopic (exact) mass is 1140 g/mol. The van der Waals surface area contributed by atoms with Crippen LogP contribution in [0.4, 0.5) is 0 Å². The highest BCUT2D eigenvalue weighted by molar-refractivity contribution is 5.76. The Labute approximate surface area is 499 Å². The van der Waals surface area contributed by atoms with Gasteiger partial charge in [0.1, 0.15) is 24.4 Å². The van der Waals surface area contributed by atoms with E-state index in [9.17, 15) is 30.3 Å². The predicted molar refractivity (Wildman–Crippen MR) is 345 cm³/mol. The van der Waals surface area contributed by atoms with E-state index in [0.717, 1.165) is 89.9 Å². The number of rotatable bonds is 59. The lowest BCUT2D eigenvalue weighted by Gasteiger charge is -2.40. The molecule has 0 aliphatic carbocycles. The summed E-state index contributed by atoms with van der Waals surface area (Å²) in [5, 5.41) is 54.9. The summed E-state index contributed by atoms with van der Waals surface area (Å²) < 4.78 is 11.4. The molecule has 0 aromatic rings. The van der Waals surface area contributed by atoms with E-state index in [4.69, 9.17) is 9.47 Å². The summed E-state index contributed by atoms with van der Waals surface area (Å²) in [6.45, 7) is 3.76. The number of hydrogen-bond donors (Lipinski definition) is 6. The van der Waals surface area contributed by atoms with Gasteiger partial charge in [-0.3, -0.25) is 4.79 Å². The van der Waals surface area contributed by atoms with E-state index in [-0.39, 0.29) is 12.5 Å². The lowest BCUT2D eigenvalue weighted by atomic mass is 9.99. The van der Waals surface area contributed by atoms with Gasteiger partial charge in [-0.25, -0.2) is 0 Å². The van der Waals surface area contributed by atoms with Crippen LogP contribution in [0.25, 0.3) is 0 Å². The van der Waals surface area contributed by atoms with Crippen LogP contribution in [0.2, 0.25) is 0 Å². The Hall–Kier alpha value is -2.63. The van der Waals surface area contributed by atoms with E-state index >= 15 is 0 Å². The maximum atomic E-state index is 13.1. The molecule has 7 unspecified atom stereocenters. The largest absolute Gasteiger partial charge is 0.394 e. The fourth-order valence-corrected chi connectivity index (χ4v) is 10.7. The Morgan fingerprint density at radius 3 is 1.14 bits per heavy atom. The van der Waals surface area contributed by atoms with Crippen molar-refractivity contribution in [1.29, 1.82) is 0 Å². The Morgan fingerprint density at radius 1 is 0.432 bits per heavy atom. The number of aliphatic hydroxyl groups excluding tert-OH is 5. The van der Waals surface area contributed by atoms with E-state index in [1.165, 1.54) is 193 Å². The van der Waals surface area contributed by atoms with E-state index in [1.807, 2.05) is 0 Å². The van der Waals surface area contributed by atoms with Crippen molar-refractivity contribution in [3.8, 4) is 0 Å². The Morgan fingerprint density at radius 2 is 0.765 bits per heavy atom. The number of hydrogen-bond acceptors (Lipinski definition) is 8. The first kappa shape index (κ1) is 76.4. The third-order valence-electron chi connectivity index (χ3n) is 16.0. The summed E-state index contributed by atoms with van der Waals surface area (Å²) in [4.78, 5) is 13.1. The van der Waals surface area contributed by atoms with Crippen LogP contribution in [0.5, 0.6) is 0 Å². The van der Waals surface area contributed by atoms with Crippen LogP contribution in [-0.4, -0.2) is 87.5 Å². The van der Waals surface area contributed by atoms with E-state index in [1.54, 1.807) is 0 Å². The van der Waals surface area contributed by atoms with Gasteiger partial charge in [0.25, 0.3) is 0 Å². The van der Waals surface area contributed by atoms with Crippen LogP contribution in [0.15, 0.2) is 85.1 Å². The van der Waals surface area contributed by atoms with Crippen molar-refractivity contribution in [3.63, 3.8) is 0 Å². The Bertz CT molecular complexity index is 1550. The van der Waals surface area contributed by atoms with Gasteiger partial charge in [-0.15, -0.1) is 0 Å². The molecule has 0 spiro atoms. The standard InChI is InChI=1S/C72H129NO8/c1-3-5-7-9-11-13-15-17-19-21-23-25-27-29-30-31-32-33-34-35-36-38-40-42-44-46-48-50-52-54-56-58-60-62-68(76)73-65(64-80-72-71(79)70(78)69(77)67(63-74)81-72)66(75)61-59-57-55-53-51-49-47-45-43-41-39-37-28-26-24-22-20-18-16-14-12-10-8-6-4-2/h5,7,11,13,17,19,23,25,29-30,32-33,35-36,65-67,69-72,74-75,77-79H,3-4,6,8-10,12,14-16,18,20-22,24,26-28,31,34,37-64H2,1-2H3,(H,73,76)/b7-5-,13-11-,19-17-,25-23-,30-29-,33-32-,36-35-. The molecule has 0 bridgehead atoms. The molecule has 470 valence electrons. The molecule has 1 aliphatic rings. The van der Waals surface area contributed by atoms with E-state index in [2.05, 4.69) is 104 Å². The van der Waals surface area contributed by atoms with E-state index in [0.29, 0.717) is 12.8 Å². The molecule has 1 rings (SSSR count). The molecule has 0 saturated carbocycles. The van der Waals surface area contributed by atoms with Crippen molar-refractivity contribution in [2.75, 3.05) is 13.2 Å². The molecular weight excluding hydrogens is 1010 g/mol. The predicted octanol–water partition coefficient (Wildman–Crippen LogP) is 18.5. The minimum atomic E-state index is -1.56. The zero-order valence-corrected chi connectivity index (χ0v) is 52.5. The van der Waals surface area contributed by atoms with Gasteiger partial charge in [0.05, 0.1) is 25.4 Å². The van der Waals surface area contributed by atoms with Crippen molar-refractivity contribution in [3.05, 3.63) is 85.1 Å². The molecular formula is C72H129NO8. The quantitative estimate of drug-likeness (QED) is 0.0261. The fraction of sp³-hybridized carbons (Fsp3) is 0.792. The SMILES string of the molecule is CC/C=C\C/C=C\C/C=C\C/C=C\C/C=C\C/C=C\C/C=C\CCCCCCCCCCCCCC(=O)NC(COC1OC(CO)C(O)C(O)C1O)C(O)CCCCCCCCCCCCCCCCCCCCCCCCCCC. The topological polar surface area (TPSA) is 149 Å². The van der Waals surface area contributed by atoms with Gasteiger partial charge in [-0.1, -0.05) is 317 Å². The molecule has 1 fully saturated rings. The smallest absolute Gasteiger partial charge is 0.220 e. The molecule has 1 heterocycles. The summed E-state index contributed by atoms with van der Waals surface area (Å²) in [6, 6.07) is -0.727. The second-order valence-electron chi connectivity index (χ2n) is 23.6. The second kappa shape index (κ2) is 60.5. The zero-order valence-electron chi connectivity index (χ0n) is 52.5. The summed E-state index contributed by atoms with van der Waals surface area (Å²) in [7, 11) is 0. The summed E-state index contributed by atoms with van der Waals surface area (Å²) in [5.41, 5.74) is 0. The molecule has 7 atom stereocenters. The average molecular weight is 1140 g/mol. The molecule has 0 aromatic carbocycles. The first-order valence-corrected chi connectivity index (χ1v) is 34.3. The van der Waals surface area contributed by atoms with Gasteiger partial charge in [0.15, 0.2) is 6.29 Å². The number of carbonyl (C=O) groups is 1. The van der Waals surface area contributed by atoms with Crippen LogP contribution in [0, 0.1) is 0 Å². The highest BCUT2D eigenvalue weighted by Crippen LogP contribution is 2.23. The van der Waals surface area contributed by atoms with Crippen LogP contribution < -0.4 is 5.32 Å². The molecule has 6 N–H and O–H groups in total. The van der Waals surface area contributed by atoms with Gasteiger partial charge in [-0.2, -0.15) is 0 Å². The van der Waals surface area contributed by atoms with Crippen LogP contribution in [0.1, 0.15) is 309 Å². The number of carbonyl (C=O) groups excluding carboxylic acids is 1. The Balaban J connectivity index is 2.14. The number of nitrogens with one attached hydrogen (secondary N) is 1. The highest BCUT2D eigenvalue weighted by atomic mass is 16.7. The molecule has 1 saturated heterocycles. The summed E-state index contributed by atoms with van der Waals surface area (Å²) in [6.07, 6.45) is 79.2. The van der Waals surface area contributed by atoms with Crippen molar-refractivity contribution in [2.45, 2.75) is 352 Å². The summed E-state index contributed by atoms with van der Waals surface area (Å²) >= 11 is 0. The first-order chi connectivity index (χ1) is 39.8. The van der Waals surface area contributed by atoms with Crippen molar-refractivity contribution in [1.82, 2.24) is 5.32 Å². The van der Waals surface area contributed by atoms with Crippen molar-refractivity contribution < 1.29 is 39.8 Å². The number of aliphatic hydroxyl groups is 5. The normalized spacial score (nSPS) is 18.9. The third kappa shape index (κ3) is 49.4. The molecule has 0 aromatic heterocycles. The van der Waals surface area contributed by atoms with Gasteiger partial charge >= 0.3 is 0 Å². The van der Waals surface area contributed by atoms with E-state index < -0.39 is 49.5 Å². The van der Waals surface area contributed by atoms with Gasteiger partial charge in [0.2, 0.25) is 5.91 Å². The Kier molecular flexibility index (Phi) is 57.0. The molecule has 1 aliphatic heterocycles. The minimum absolute atomic E-state index is 0.141. The van der Waals surface area contributed by atoms with Gasteiger partial charge in [0, 0.05) is 6.42 Å². The van der Waals surface area contributed by atoms with Crippen LogP contribution >= 0.6 is 0 Å². The summed E-state index contributed by atoms with van der Waals surface area (Å²) in [5.74, 6) is -0.147. The molecule has 81 heavy (non-hydrogen) atoms. The maximum absolute atomic E-state index is 13.1. The van der Waals surface area contributed by atoms with Crippen LogP contribution in [-0.2, 0) is 14.3 Å². The minimum Gasteiger partial charge on any atom is -0.394 e. The lowest BCUT2D eigenvalue weighted by Crippen LogP contribution is -2.60.